The highest BCUT2D eigenvalue weighted by atomic mass is 32.1. The minimum Gasteiger partial charge on any atom is -0.349 e. The average Bonchev–Trinajstić information content (AvgIpc) is 2.68. The summed E-state index contributed by atoms with van der Waals surface area (Å²) in [4.78, 5) is 19.2. The molecule has 2 aliphatic heterocycles. The fourth-order valence-corrected chi connectivity index (χ4v) is 4.50. The van der Waals surface area contributed by atoms with Gasteiger partial charge in [0.15, 0.2) is 0 Å². The zero-order valence-electron chi connectivity index (χ0n) is 13.0. The number of aryl methyl sites for hydroxylation is 1. The van der Waals surface area contributed by atoms with Crippen LogP contribution in [0.3, 0.4) is 0 Å². The van der Waals surface area contributed by atoms with Gasteiger partial charge in [0.25, 0.3) is 0 Å². The van der Waals surface area contributed by atoms with Crippen molar-refractivity contribution in [3.63, 3.8) is 0 Å². The van der Waals surface area contributed by atoms with Crippen LogP contribution in [0.15, 0.2) is 5.38 Å². The number of carbonyl (C=O) groups is 1. The molecule has 116 valence electrons. The molecule has 0 unspecified atom stereocenters. The minimum absolute atomic E-state index is 0.0743. The highest BCUT2D eigenvalue weighted by Crippen LogP contribution is 2.33. The minimum atomic E-state index is -0.0743. The summed E-state index contributed by atoms with van der Waals surface area (Å²) in [5, 5.41) is 6.63. The predicted molar refractivity (Wildman–Crippen MR) is 85.3 cm³/mol. The summed E-state index contributed by atoms with van der Waals surface area (Å²) in [6.07, 6.45) is 6.29. The first-order valence-corrected chi connectivity index (χ1v) is 8.91. The molecule has 4 nitrogen and oxygen atoms in total. The number of nitrogens with zero attached hydrogens (tertiary/aromatic N) is 2. The number of amides is 1. The molecule has 21 heavy (non-hydrogen) atoms. The van der Waals surface area contributed by atoms with Gasteiger partial charge in [-0.2, -0.15) is 0 Å². The number of fused-ring (bicyclic) bond motifs is 1. The molecule has 3 rings (SSSR count). The lowest BCUT2D eigenvalue weighted by atomic mass is 9.85. The summed E-state index contributed by atoms with van der Waals surface area (Å²) in [5.41, 5.74) is 1.10. The molecule has 0 bridgehead atoms. The second kappa shape index (κ2) is 6.05. The normalized spacial score (nSPS) is 31.1. The maximum atomic E-state index is 12.0. The van der Waals surface area contributed by atoms with Crippen LogP contribution in [0.4, 0.5) is 0 Å². The zero-order valence-corrected chi connectivity index (χ0v) is 13.8. The number of nitrogens with one attached hydrogen (secondary N) is 1. The Labute approximate surface area is 130 Å². The lowest BCUT2D eigenvalue weighted by molar-refractivity contribution is -0.122. The molecule has 0 aliphatic carbocycles. The number of likely N-dealkylation sites (tertiary alicyclic amines) is 1. The van der Waals surface area contributed by atoms with Crippen molar-refractivity contribution in [3.05, 3.63) is 16.1 Å². The summed E-state index contributed by atoms with van der Waals surface area (Å²) < 4.78 is 0. The van der Waals surface area contributed by atoms with Gasteiger partial charge in [0.2, 0.25) is 5.91 Å². The number of hydrogen-bond donors (Lipinski definition) is 1. The molecule has 1 aromatic heterocycles. The van der Waals surface area contributed by atoms with Gasteiger partial charge in [-0.25, -0.2) is 4.98 Å². The van der Waals surface area contributed by atoms with Crippen LogP contribution in [-0.2, 0) is 11.3 Å². The first-order chi connectivity index (χ1) is 10.1. The fraction of sp³-hybridized carbons (Fsp3) is 0.750. The Morgan fingerprint density at radius 2 is 2.33 bits per heavy atom. The van der Waals surface area contributed by atoms with Gasteiger partial charge in [-0.1, -0.05) is 0 Å². The van der Waals surface area contributed by atoms with E-state index in [1.54, 1.807) is 11.3 Å². The third-order valence-electron chi connectivity index (χ3n) is 4.91. The van der Waals surface area contributed by atoms with E-state index in [1.807, 2.05) is 0 Å². The first-order valence-electron chi connectivity index (χ1n) is 8.03. The van der Waals surface area contributed by atoms with E-state index in [9.17, 15) is 4.79 Å². The third kappa shape index (κ3) is 3.29. The van der Waals surface area contributed by atoms with Crippen molar-refractivity contribution in [2.45, 2.75) is 70.5 Å². The van der Waals surface area contributed by atoms with E-state index in [0.717, 1.165) is 37.4 Å². The molecule has 5 heteroatoms. The van der Waals surface area contributed by atoms with E-state index in [2.05, 4.69) is 34.4 Å². The third-order valence-corrected chi connectivity index (χ3v) is 5.73. The second-order valence-corrected chi connectivity index (χ2v) is 7.72. The van der Waals surface area contributed by atoms with E-state index >= 15 is 0 Å². The van der Waals surface area contributed by atoms with Crippen molar-refractivity contribution in [2.75, 3.05) is 6.54 Å². The Morgan fingerprint density at radius 3 is 3.10 bits per heavy atom. The van der Waals surface area contributed by atoms with Gasteiger partial charge in [0.05, 0.1) is 16.2 Å². The zero-order chi connectivity index (χ0) is 14.9. The molecular weight excluding hydrogens is 282 g/mol. The average molecular weight is 307 g/mol. The lowest BCUT2D eigenvalue weighted by Crippen LogP contribution is -2.58. The molecular formula is C16H25N3OS. The SMILES string of the molecule is Cc1nc(CN2CCCC[C@]3(C)NC(=O)CCC[C@H]23)cs1. The van der Waals surface area contributed by atoms with Gasteiger partial charge in [-0.3, -0.25) is 9.69 Å². The van der Waals surface area contributed by atoms with Gasteiger partial charge in [-0.05, 0) is 52.5 Å². The lowest BCUT2D eigenvalue weighted by Gasteiger charge is -2.41. The van der Waals surface area contributed by atoms with Crippen LogP contribution >= 0.6 is 11.3 Å². The number of thiazole rings is 1. The van der Waals surface area contributed by atoms with Crippen LogP contribution in [0.5, 0.6) is 0 Å². The van der Waals surface area contributed by atoms with Gasteiger partial charge >= 0.3 is 0 Å². The van der Waals surface area contributed by atoms with Crippen LogP contribution in [0.25, 0.3) is 0 Å². The van der Waals surface area contributed by atoms with Crippen molar-refractivity contribution in [2.24, 2.45) is 0 Å². The molecule has 3 heterocycles. The Morgan fingerprint density at radius 1 is 1.48 bits per heavy atom. The molecule has 1 N–H and O–H groups in total. The van der Waals surface area contributed by atoms with Crippen LogP contribution in [0, 0.1) is 6.92 Å². The van der Waals surface area contributed by atoms with E-state index in [0.29, 0.717) is 12.5 Å². The van der Waals surface area contributed by atoms with Crippen LogP contribution in [0.1, 0.15) is 56.2 Å². The number of hydrogen-bond acceptors (Lipinski definition) is 4. The van der Waals surface area contributed by atoms with Gasteiger partial charge in [-0.15, -0.1) is 11.3 Å². The summed E-state index contributed by atoms with van der Waals surface area (Å²) in [5.74, 6) is 0.228. The monoisotopic (exact) mass is 307 g/mol. The van der Waals surface area contributed by atoms with E-state index < -0.39 is 0 Å². The summed E-state index contributed by atoms with van der Waals surface area (Å²) in [6, 6.07) is 0.438. The van der Waals surface area contributed by atoms with Crippen molar-refractivity contribution in [3.8, 4) is 0 Å². The van der Waals surface area contributed by atoms with Crippen molar-refractivity contribution < 1.29 is 4.79 Å². The molecule has 2 fully saturated rings. The van der Waals surface area contributed by atoms with Crippen LogP contribution < -0.4 is 5.32 Å². The fourth-order valence-electron chi connectivity index (χ4n) is 3.89. The molecule has 2 atom stereocenters. The molecule has 1 amide bonds. The second-order valence-electron chi connectivity index (χ2n) is 6.66. The molecule has 2 aliphatic rings. The molecule has 0 aromatic carbocycles. The standard InChI is InChI=1S/C16H25N3OS/c1-12-17-13(11-21-12)10-19-9-4-3-8-16(2)14(19)6-5-7-15(20)18-16/h11,14H,3-10H2,1-2H3,(H,18,20)/t14-,16-/m0/s1. The maximum absolute atomic E-state index is 12.0. The predicted octanol–water partition coefficient (Wildman–Crippen LogP) is 2.86. The van der Waals surface area contributed by atoms with Crippen molar-refractivity contribution in [1.29, 1.82) is 0 Å². The van der Waals surface area contributed by atoms with Crippen LogP contribution in [0.2, 0.25) is 0 Å². The number of carbonyl (C=O) groups excluding carboxylic acids is 1. The summed E-state index contributed by atoms with van der Waals surface area (Å²) >= 11 is 1.72. The topological polar surface area (TPSA) is 45.2 Å². The quantitative estimate of drug-likeness (QED) is 0.914. The van der Waals surface area contributed by atoms with Crippen LogP contribution in [-0.4, -0.2) is 33.9 Å². The van der Waals surface area contributed by atoms with Gasteiger partial charge < -0.3 is 5.32 Å². The molecule has 0 radical (unpaired) electrons. The molecule has 0 spiro atoms. The van der Waals surface area contributed by atoms with E-state index in [1.165, 1.54) is 18.5 Å². The Hall–Kier alpha value is -0.940. The first kappa shape index (κ1) is 15.0. The number of rotatable bonds is 2. The van der Waals surface area contributed by atoms with E-state index in [4.69, 9.17) is 0 Å². The van der Waals surface area contributed by atoms with Gasteiger partial charge in [0, 0.05) is 24.4 Å². The summed E-state index contributed by atoms with van der Waals surface area (Å²) in [7, 11) is 0. The Bertz CT molecular complexity index is 515. The highest BCUT2D eigenvalue weighted by molar-refractivity contribution is 7.09. The number of aromatic nitrogens is 1. The largest absolute Gasteiger partial charge is 0.349 e. The molecule has 1 aromatic rings. The van der Waals surface area contributed by atoms with E-state index in [-0.39, 0.29) is 11.4 Å². The van der Waals surface area contributed by atoms with Crippen molar-refractivity contribution >= 4 is 17.2 Å². The molecule has 0 saturated carbocycles. The Balaban J connectivity index is 1.82. The molecule has 2 saturated heterocycles. The Kier molecular flexibility index (Phi) is 4.31. The summed E-state index contributed by atoms with van der Waals surface area (Å²) in [6.45, 7) is 6.34. The maximum Gasteiger partial charge on any atom is 0.220 e. The highest BCUT2D eigenvalue weighted by Gasteiger charge is 2.41. The smallest absolute Gasteiger partial charge is 0.220 e. The van der Waals surface area contributed by atoms with Crippen molar-refractivity contribution in [1.82, 2.24) is 15.2 Å². The van der Waals surface area contributed by atoms with Gasteiger partial charge in [0.1, 0.15) is 0 Å².